The van der Waals surface area contributed by atoms with Gasteiger partial charge in [-0.2, -0.15) is 0 Å². The first kappa shape index (κ1) is 24.5. The van der Waals surface area contributed by atoms with Crippen molar-refractivity contribution in [2.75, 3.05) is 42.9 Å². The summed E-state index contributed by atoms with van der Waals surface area (Å²) in [7, 11) is 0. The number of hydrogen-bond donors (Lipinski definition) is 1. The SMILES string of the molecule is CCN(CC)CCCCC1CCN(C(=O)N2c3cc(Cl)ccc3C(=O)Nc3cccnc32)CC1. The van der Waals surface area contributed by atoms with E-state index in [1.165, 1.54) is 25.8 Å². The summed E-state index contributed by atoms with van der Waals surface area (Å²) in [4.78, 5) is 37.0. The van der Waals surface area contributed by atoms with Gasteiger partial charge >= 0.3 is 6.03 Å². The fourth-order valence-corrected chi connectivity index (χ4v) is 5.08. The normalized spacial score (nSPS) is 16.2. The van der Waals surface area contributed by atoms with E-state index in [1.54, 1.807) is 41.4 Å². The highest BCUT2D eigenvalue weighted by Gasteiger charge is 2.34. The smallest absolute Gasteiger partial charge is 0.324 e. The number of pyridine rings is 1. The molecule has 0 spiro atoms. The van der Waals surface area contributed by atoms with Gasteiger partial charge in [0, 0.05) is 24.3 Å². The number of halogens is 1. The maximum atomic E-state index is 13.8. The van der Waals surface area contributed by atoms with E-state index < -0.39 is 0 Å². The monoisotopic (exact) mass is 483 g/mol. The van der Waals surface area contributed by atoms with Crippen LogP contribution >= 0.6 is 11.6 Å². The van der Waals surface area contributed by atoms with Crippen molar-refractivity contribution in [1.82, 2.24) is 14.8 Å². The summed E-state index contributed by atoms with van der Waals surface area (Å²) in [5.41, 5.74) is 1.38. The van der Waals surface area contributed by atoms with Crippen LogP contribution in [0.3, 0.4) is 0 Å². The van der Waals surface area contributed by atoms with Gasteiger partial charge in [0.1, 0.15) is 0 Å². The number of carbonyl (C=O) groups is 2. The number of aromatic nitrogens is 1. The van der Waals surface area contributed by atoms with E-state index in [-0.39, 0.29) is 11.9 Å². The van der Waals surface area contributed by atoms with E-state index in [1.807, 2.05) is 4.90 Å². The molecule has 2 aliphatic heterocycles. The highest BCUT2D eigenvalue weighted by atomic mass is 35.5. The predicted octanol–water partition coefficient (Wildman–Crippen LogP) is 5.78. The average Bonchev–Trinajstić information content (AvgIpc) is 2.97. The fraction of sp³-hybridized carbons (Fsp3) is 0.500. The Morgan fingerprint density at radius 3 is 2.68 bits per heavy atom. The number of nitrogens with zero attached hydrogens (tertiary/aromatic N) is 4. The van der Waals surface area contributed by atoms with E-state index in [4.69, 9.17) is 11.6 Å². The molecule has 0 unspecified atom stereocenters. The molecule has 1 fully saturated rings. The minimum atomic E-state index is -0.278. The first-order valence-corrected chi connectivity index (χ1v) is 12.8. The first-order chi connectivity index (χ1) is 16.5. The fourth-order valence-electron chi connectivity index (χ4n) is 4.91. The molecule has 8 heteroatoms. The Balaban J connectivity index is 1.45. The number of nitrogens with one attached hydrogen (secondary N) is 1. The van der Waals surface area contributed by atoms with Gasteiger partial charge in [-0.25, -0.2) is 14.7 Å². The van der Waals surface area contributed by atoms with Crippen LogP contribution in [0.15, 0.2) is 36.5 Å². The molecule has 7 nitrogen and oxygen atoms in total. The third-order valence-corrected chi connectivity index (χ3v) is 7.23. The van der Waals surface area contributed by atoms with Crippen LogP contribution in [0, 0.1) is 5.92 Å². The number of amides is 3. The Bertz CT molecular complexity index is 1020. The lowest BCUT2D eigenvalue weighted by Crippen LogP contribution is -2.45. The second-order valence-corrected chi connectivity index (χ2v) is 9.50. The zero-order chi connectivity index (χ0) is 24.1. The van der Waals surface area contributed by atoms with Crippen LogP contribution in [-0.4, -0.2) is 59.4 Å². The summed E-state index contributed by atoms with van der Waals surface area (Å²) >= 11 is 6.27. The van der Waals surface area contributed by atoms with Gasteiger partial charge in [-0.15, -0.1) is 0 Å². The molecule has 1 aromatic carbocycles. The molecule has 1 aromatic heterocycles. The van der Waals surface area contributed by atoms with E-state index in [9.17, 15) is 9.59 Å². The third-order valence-electron chi connectivity index (χ3n) is 7.00. The minimum absolute atomic E-state index is 0.167. The van der Waals surface area contributed by atoms with Crippen LogP contribution in [0.2, 0.25) is 5.02 Å². The second kappa shape index (κ2) is 11.2. The van der Waals surface area contributed by atoms with Crippen LogP contribution in [0.4, 0.5) is 22.0 Å². The highest BCUT2D eigenvalue weighted by molar-refractivity contribution is 6.31. The summed E-state index contributed by atoms with van der Waals surface area (Å²) < 4.78 is 0. The van der Waals surface area contributed by atoms with E-state index in [0.717, 1.165) is 25.9 Å². The van der Waals surface area contributed by atoms with Crippen LogP contribution in [0.1, 0.15) is 56.3 Å². The average molecular weight is 484 g/mol. The standard InChI is InChI=1S/C26H34ClN5O2/c1-3-30(4-2)15-6-5-8-19-12-16-31(17-13-19)26(34)32-23-18-20(27)10-11-21(23)25(33)29-22-9-7-14-28-24(22)32/h7,9-11,14,18-19H,3-6,8,12-13,15-17H2,1-2H3,(H,29,33). The number of rotatable bonds is 7. The lowest BCUT2D eigenvalue weighted by Gasteiger charge is -2.35. The summed E-state index contributed by atoms with van der Waals surface area (Å²) in [5, 5.41) is 3.34. The van der Waals surface area contributed by atoms with E-state index in [0.29, 0.717) is 46.8 Å². The van der Waals surface area contributed by atoms with Gasteiger partial charge in [-0.05, 0) is 75.1 Å². The lowest BCUT2D eigenvalue weighted by atomic mass is 9.91. The topological polar surface area (TPSA) is 68.8 Å². The molecule has 2 aromatic rings. The summed E-state index contributed by atoms with van der Waals surface area (Å²) in [6.07, 6.45) is 7.31. The molecule has 0 atom stereocenters. The molecule has 0 radical (unpaired) electrons. The van der Waals surface area contributed by atoms with Crippen LogP contribution in [0.25, 0.3) is 0 Å². The summed E-state index contributed by atoms with van der Waals surface area (Å²) in [6, 6.07) is 8.33. The van der Waals surface area contributed by atoms with E-state index in [2.05, 4.69) is 29.0 Å². The quantitative estimate of drug-likeness (QED) is 0.506. The molecule has 0 saturated carbocycles. The molecule has 182 valence electrons. The number of piperidine rings is 1. The maximum absolute atomic E-state index is 13.8. The van der Waals surface area contributed by atoms with Gasteiger partial charge in [0.25, 0.3) is 5.91 Å². The van der Waals surface area contributed by atoms with Gasteiger partial charge in [0.2, 0.25) is 0 Å². The second-order valence-electron chi connectivity index (χ2n) is 9.06. The van der Waals surface area contributed by atoms with Gasteiger partial charge in [-0.3, -0.25) is 4.79 Å². The Morgan fingerprint density at radius 2 is 1.94 bits per heavy atom. The Kier molecular flexibility index (Phi) is 8.06. The number of likely N-dealkylation sites (tertiary alicyclic amines) is 1. The van der Waals surface area contributed by atoms with Crippen molar-refractivity contribution in [2.24, 2.45) is 5.92 Å². The Morgan fingerprint density at radius 1 is 1.18 bits per heavy atom. The molecular weight excluding hydrogens is 450 g/mol. The Labute approximate surface area is 207 Å². The first-order valence-electron chi connectivity index (χ1n) is 12.4. The minimum Gasteiger partial charge on any atom is -0.324 e. The number of benzene rings is 1. The number of fused-ring (bicyclic) bond motifs is 2. The van der Waals surface area contributed by atoms with Crippen molar-refractivity contribution >= 4 is 40.7 Å². The van der Waals surface area contributed by atoms with Crippen LogP contribution in [-0.2, 0) is 0 Å². The molecule has 2 aliphatic rings. The number of unbranched alkanes of at least 4 members (excludes halogenated alkanes) is 1. The number of urea groups is 1. The molecule has 4 rings (SSSR count). The summed E-state index contributed by atoms with van der Waals surface area (Å²) in [5.74, 6) is 0.792. The zero-order valence-electron chi connectivity index (χ0n) is 20.1. The van der Waals surface area contributed by atoms with Crippen molar-refractivity contribution in [2.45, 2.75) is 46.0 Å². The molecule has 0 bridgehead atoms. The molecular formula is C26H34ClN5O2. The molecule has 0 aliphatic carbocycles. The van der Waals surface area contributed by atoms with Crippen LogP contribution < -0.4 is 10.2 Å². The molecule has 3 amide bonds. The van der Waals surface area contributed by atoms with Gasteiger partial charge in [0.05, 0.1) is 16.9 Å². The summed E-state index contributed by atoms with van der Waals surface area (Å²) in [6.45, 7) is 9.23. The van der Waals surface area contributed by atoms with Crippen molar-refractivity contribution in [3.05, 3.63) is 47.1 Å². The molecule has 1 N–H and O–H groups in total. The van der Waals surface area contributed by atoms with Gasteiger partial charge < -0.3 is 15.1 Å². The van der Waals surface area contributed by atoms with Gasteiger partial charge in [0.15, 0.2) is 5.82 Å². The molecule has 3 heterocycles. The van der Waals surface area contributed by atoms with Crippen molar-refractivity contribution in [1.29, 1.82) is 0 Å². The molecule has 1 saturated heterocycles. The van der Waals surface area contributed by atoms with Crippen molar-refractivity contribution in [3.63, 3.8) is 0 Å². The number of carbonyl (C=O) groups excluding carboxylic acids is 2. The van der Waals surface area contributed by atoms with Crippen molar-refractivity contribution in [3.8, 4) is 0 Å². The van der Waals surface area contributed by atoms with E-state index >= 15 is 0 Å². The largest absolute Gasteiger partial charge is 0.330 e. The van der Waals surface area contributed by atoms with Crippen LogP contribution in [0.5, 0.6) is 0 Å². The van der Waals surface area contributed by atoms with Crippen molar-refractivity contribution < 1.29 is 9.59 Å². The molecule has 34 heavy (non-hydrogen) atoms. The highest BCUT2D eigenvalue weighted by Crippen LogP contribution is 2.39. The zero-order valence-corrected chi connectivity index (χ0v) is 20.9. The maximum Gasteiger partial charge on any atom is 0.330 e. The lowest BCUT2D eigenvalue weighted by molar-refractivity contribution is 0.102. The number of anilines is 3. The number of hydrogen-bond acceptors (Lipinski definition) is 4. The van der Waals surface area contributed by atoms with Gasteiger partial charge in [-0.1, -0.05) is 38.3 Å². The predicted molar refractivity (Wildman–Crippen MR) is 137 cm³/mol. The Hall–Kier alpha value is -2.64. The third kappa shape index (κ3) is 5.36.